The minimum Gasteiger partial charge on any atom is -0.494 e. The minimum absolute atomic E-state index is 0.00850. The molecule has 0 atom stereocenters. The molecule has 1 aliphatic heterocycles. The number of aryl methyl sites for hydroxylation is 1. The average molecular weight is 500 g/mol. The molecule has 2 heterocycles. The lowest BCUT2D eigenvalue weighted by Gasteiger charge is -2.32. The van der Waals surface area contributed by atoms with Crippen molar-refractivity contribution in [3.8, 4) is 17.0 Å². The van der Waals surface area contributed by atoms with Gasteiger partial charge in [-0.1, -0.05) is 11.6 Å². The molecule has 1 aromatic heterocycles. The van der Waals surface area contributed by atoms with Gasteiger partial charge in [0.1, 0.15) is 0 Å². The summed E-state index contributed by atoms with van der Waals surface area (Å²) in [5.41, 5.74) is 2.80. The van der Waals surface area contributed by atoms with Crippen molar-refractivity contribution in [2.24, 2.45) is 7.05 Å². The van der Waals surface area contributed by atoms with Gasteiger partial charge in [-0.05, 0) is 49.9 Å². The number of hydrogen-bond acceptors (Lipinski definition) is 5. The van der Waals surface area contributed by atoms with Crippen molar-refractivity contribution in [1.82, 2.24) is 19.4 Å². The van der Waals surface area contributed by atoms with E-state index in [-0.39, 0.29) is 22.5 Å². The van der Waals surface area contributed by atoms with Crippen molar-refractivity contribution in [3.05, 3.63) is 64.3 Å². The third-order valence-corrected chi connectivity index (χ3v) is 6.61. The van der Waals surface area contributed by atoms with Crippen LogP contribution in [-0.4, -0.2) is 71.5 Å². The second kappa shape index (κ2) is 10.1. The fourth-order valence-electron chi connectivity index (χ4n) is 4.11. The Morgan fingerprint density at radius 1 is 1.11 bits per heavy atom. The fraction of sp³-hybridized carbons (Fsp3) is 0.320. The van der Waals surface area contributed by atoms with Crippen LogP contribution in [0.3, 0.4) is 0 Å². The van der Waals surface area contributed by atoms with Gasteiger partial charge in [-0.25, -0.2) is 9.37 Å². The lowest BCUT2D eigenvalue weighted by Crippen LogP contribution is -2.47. The number of nitrogens with one attached hydrogen (secondary N) is 1. The molecule has 0 saturated carbocycles. The number of hydrogen-bond donors (Lipinski definition) is 1. The highest BCUT2D eigenvalue weighted by atomic mass is 35.5. The molecule has 0 spiro atoms. The van der Waals surface area contributed by atoms with E-state index in [1.54, 1.807) is 35.9 Å². The zero-order valence-corrected chi connectivity index (χ0v) is 20.8. The van der Waals surface area contributed by atoms with E-state index in [0.717, 1.165) is 18.7 Å². The van der Waals surface area contributed by atoms with Crippen LogP contribution in [0.5, 0.6) is 5.75 Å². The summed E-state index contributed by atoms with van der Waals surface area (Å²) in [6.07, 6.45) is 1.46. The predicted molar refractivity (Wildman–Crippen MR) is 133 cm³/mol. The molecule has 2 aromatic carbocycles. The van der Waals surface area contributed by atoms with Crippen LogP contribution in [0.2, 0.25) is 5.02 Å². The Labute approximate surface area is 208 Å². The summed E-state index contributed by atoms with van der Waals surface area (Å²) in [4.78, 5) is 34.1. The summed E-state index contributed by atoms with van der Waals surface area (Å²) in [6.45, 7) is 4.92. The van der Waals surface area contributed by atoms with E-state index in [1.165, 1.54) is 19.4 Å². The molecular weight excluding hydrogens is 473 g/mol. The Kier molecular flexibility index (Phi) is 7.09. The number of halogens is 2. The highest BCUT2D eigenvalue weighted by molar-refractivity contribution is 6.33. The number of benzene rings is 2. The van der Waals surface area contributed by atoms with Crippen molar-refractivity contribution in [1.29, 1.82) is 0 Å². The molecule has 0 radical (unpaired) electrons. The van der Waals surface area contributed by atoms with Crippen LogP contribution in [0.25, 0.3) is 11.3 Å². The van der Waals surface area contributed by atoms with Gasteiger partial charge in [-0.15, -0.1) is 0 Å². The van der Waals surface area contributed by atoms with Crippen LogP contribution in [0.1, 0.15) is 26.5 Å². The number of anilines is 1. The van der Waals surface area contributed by atoms with Crippen molar-refractivity contribution in [2.75, 3.05) is 45.7 Å². The first-order chi connectivity index (χ1) is 16.7. The molecule has 10 heteroatoms. The van der Waals surface area contributed by atoms with Gasteiger partial charge in [0.05, 0.1) is 24.0 Å². The Morgan fingerprint density at radius 3 is 2.49 bits per heavy atom. The van der Waals surface area contributed by atoms with Gasteiger partial charge >= 0.3 is 0 Å². The standard InChI is InChI=1S/C25H27ClFN5O3/c1-15-13-16(5-6-17(15)25(34)32-11-9-30(2)10-12-32)29-24(33)23-28-14-19(31(23)3)18-7-8-20(35-4)22(27)21(18)26/h5-8,13-14H,9-12H2,1-4H3,(H,29,33). The smallest absolute Gasteiger partial charge is 0.291 e. The first-order valence-corrected chi connectivity index (χ1v) is 11.5. The molecule has 0 unspecified atom stereocenters. The Morgan fingerprint density at radius 2 is 1.83 bits per heavy atom. The van der Waals surface area contributed by atoms with Crippen LogP contribution in [0.15, 0.2) is 36.5 Å². The summed E-state index contributed by atoms with van der Waals surface area (Å²) in [7, 11) is 5.05. The third kappa shape index (κ3) is 4.87. The maximum atomic E-state index is 14.4. The van der Waals surface area contributed by atoms with Gasteiger partial charge in [-0.3, -0.25) is 9.59 Å². The van der Waals surface area contributed by atoms with Gasteiger partial charge in [0.25, 0.3) is 11.8 Å². The number of imidazole rings is 1. The Bertz CT molecular complexity index is 1280. The number of nitrogens with zero attached hydrogens (tertiary/aromatic N) is 4. The van der Waals surface area contributed by atoms with Crippen LogP contribution in [0.4, 0.5) is 10.1 Å². The lowest BCUT2D eigenvalue weighted by molar-refractivity contribution is 0.0663. The van der Waals surface area contributed by atoms with E-state index in [2.05, 4.69) is 15.2 Å². The summed E-state index contributed by atoms with van der Waals surface area (Å²) >= 11 is 6.19. The van der Waals surface area contributed by atoms with E-state index in [0.29, 0.717) is 35.6 Å². The topological polar surface area (TPSA) is 79.7 Å². The normalized spacial score (nSPS) is 14.2. The molecular formula is C25H27ClFN5O3. The van der Waals surface area contributed by atoms with E-state index < -0.39 is 11.7 Å². The van der Waals surface area contributed by atoms with Crippen LogP contribution in [-0.2, 0) is 7.05 Å². The molecule has 0 aliphatic carbocycles. The van der Waals surface area contributed by atoms with Crippen molar-refractivity contribution >= 4 is 29.1 Å². The number of rotatable bonds is 5. The number of piperazine rings is 1. The van der Waals surface area contributed by atoms with Gasteiger partial charge in [0, 0.05) is 50.0 Å². The van der Waals surface area contributed by atoms with Gasteiger partial charge in [0.15, 0.2) is 17.4 Å². The summed E-state index contributed by atoms with van der Waals surface area (Å²) in [5, 5.41) is 2.70. The highest BCUT2D eigenvalue weighted by Gasteiger charge is 2.23. The number of amides is 2. The van der Waals surface area contributed by atoms with Crippen LogP contribution >= 0.6 is 11.6 Å². The first kappa shape index (κ1) is 24.7. The molecule has 1 aliphatic rings. The molecule has 35 heavy (non-hydrogen) atoms. The molecule has 1 fully saturated rings. The largest absolute Gasteiger partial charge is 0.494 e. The van der Waals surface area contributed by atoms with E-state index in [4.69, 9.17) is 16.3 Å². The second-order valence-corrected chi connectivity index (χ2v) is 8.93. The maximum Gasteiger partial charge on any atom is 0.291 e. The van der Waals surface area contributed by atoms with E-state index in [1.807, 2.05) is 18.9 Å². The Hall–Kier alpha value is -3.43. The fourth-order valence-corrected chi connectivity index (χ4v) is 4.36. The van der Waals surface area contributed by atoms with Crippen molar-refractivity contribution < 1.29 is 18.7 Å². The molecule has 0 bridgehead atoms. The number of ether oxygens (including phenoxy) is 1. The van der Waals surface area contributed by atoms with Gasteiger partial charge < -0.3 is 24.4 Å². The van der Waals surface area contributed by atoms with Gasteiger partial charge in [0.2, 0.25) is 0 Å². The summed E-state index contributed by atoms with van der Waals surface area (Å²) < 4.78 is 20.9. The molecule has 1 N–H and O–H groups in total. The number of methoxy groups -OCH3 is 1. The zero-order valence-electron chi connectivity index (χ0n) is 20.1. The summed E-state index contributed by atoms with van der Waals surface area (Å²) in [5.74, 6) is -0.973. The molecule has 8 nitrogen and oxygen atoms in total. The van der Waals surface area contributed by atoms with E-state index >= 15 is 0 Å². The Balaban J connectivity index is 1.51. The number of aromatic nitrogens is 2. The summed E-state index contributed by atoms with van der Waals surface area (Å²) in [6, 6.07) is 8.28. The quantitative estimate of drug-likeness (QED) is 0.577. The second-order valence-electron chi connectivity index (χ2n) is 8.55. The van der Waals surface area contributed by atoms with Crippen LogP contribution < -0.4 is 10.1 Å². The minimum atomic E-state index is -0.680. The third-order valence-electron chi connectivity index (χ3n) is 6.24. The molecule has 2 amide bonds. The monoisotopic (exact) mass is 499 g/mol. The number of likely N-dealkylation sites (N-methyl/N-ethyl adjacent to an activating group) is 1. The lowest BCUT2D eigenvalue weighted by atomic mass is 10.1. The SMILES string of the molecule is COc1ccc(-c2cnc(C(=O)Nc3ccc(C(=O)N4CCN(C)CC4)c(C)c3)n2C)c(Cl)c1F. The van der Waals surface area contributed by atoms with Gasteiger partial charge in [-0.2, -0.15) is 0 Å². The number of carbonyl (C=O) groups is 2. The zero-order chi connectivity index (χ0) is 25.3. The van der Waals surface area contributed by atoms with E-state index in [9.17, 15) is 14.0 Å². The first-order valence-electron chi connectivity index (χ1n) is 11.1. The predicted octanol–water partition coefficient (Wildman–Crippen LogP) is 3.84. The highest BCUT2D eigenvalue weighted by Crippen LogP contribution is 2.35. The maximum absolute atomic E-state index is 14.4. The molecule has 3 aromatic rings. The molecule has 184 valence electrons. The van der Waals surface area contributed by atoms with Crippen LogP contribution in [0, 0.1) is 12.7 Å². The van der Waals surface area contributed by atoms with Crippen molar-refractivity contribution in [3.63, 3.8) is 0 Å². The average Bonchev–Trinajstić information content (AvgIpc) is 3.22. The molecule has 4 rings (SSSR count). The number of carbonyl (C=O) groups excluding carboxylic acids is 2. The molecule has 1 saturated heterocycles. The van der Waals surface area contributed by atoms with Crippen molar-refractivity contribution in [2.45, 2.75) is 6.92 Å².